The summed E-state index contributed by atoms with van der Waals surface area (Å²) in [5.41, 5.74) is 5.01. The second kappa shape index (κ2) is 8.53. The molecule has 0 spiro atoms. The monoisotopic (exact) mass is 314 g/mol. The Kier molecular flexibility index (Phi) is 6.41. The Balaban J connectivity index is 2.10. The van der Waals surface area contributed by atoms with Crippen molar-refractivity contribution in [1.29, 1.82) is 0 Å². The smallest absolute Gasteiger partial charge is 0.407 e. The molecule has 0 aromatic rings. The Bertz CT molecular complexity index is 582. The molecule has 0 aliphatic heterocycles. The molecule has 0 aromatic heterocycles. The summed E-state index contributed by atoms with van der Waals surface area (Å²) < 4.78 is 5.44. The molecule has 4 heteroatoms. The van der Waals surface area contributed by atoms with E-state index in [2.05, 4.69) is 35.4 Å². The number of allylic oxidation sites excluding steroid dienone is 7. The van der Waals surface area contributed by atoms with Crippen LogP contribution in [0.25, 0.3) is 0 Å². The van der Waals surface area contributed by atoms with Crippen molar-refractivity contribution in [1.82, 2.24) is 10.6 Å². The van der Waals surface area contributed by atoms with Crippen LogP contribution in [0.2, 0.25) is 0 Å². The van der Waals surface area contributed by atoms with Gasteiger partial charge >= 0.3 is 6.09 Å². The van der Waals surface area contributed by atoms with Crippen molar-refractivity contribution in [2.45, 2.75) is 19.8 Å². The number of carbonyl (C=O) groups is 1. The molecular formula is C19H26N2O2. The predicted molar refractivity (Wildman–Crippen MR) is 94.2 cm³/mol. The van der Waals surface area contributed by atoms with E-state index >= 15 is 0 Å². The van der Waals surface area contributed by atoms with Crippen LogP contribution in [0.15, 0.2) is 59.3 Å². The maximum absolute atomic E-state index is 11.8. The first-order valence-corrected chi connectivity index (χ1v) is 8.17. The summed E-state index contributed by atoms with van der Waals surface area (Å²) in [6.45, 7) is 7.61. The lowest BCUT2D eigenvalue weighted by atomic mass is 9.91. The molecule has 0 bridgehead atoms. The van der Waals surface area contributed by atoms with Crippen LogP contribution < -0.4 is 10.6 Å². The summed E-state index contributed by atoms with van der Waals surface area (Å²) in [7, 11) is 1.85. The second-order valence-corrected chi connectivity index (χ2v) is 5.63. The van der Waals surface area contributed by atoms with Gasteiger partial charge in [-0.2, -0.15) is 0 Å². The highest BCUT2D eigenvalue weighted by Gasteiger charge is 2.31. The first-order valence-electron chi connectivity index (χ1n) is 8.17. The van der Waals surface area contributed by atoms with Crippen molar-refractivity contribution in [3.05, 3.63) is 59.3 Å². The highest BCUT2D eigenvalue weighted by atomic mass is 16.5. The minimum atomic E-state index is -0.367. The average Bonchev–Trinajstić information content (AvgIpc) is 2.86. The number of likely N-dealkylation sites (N-methyl/N-ethyl adjacent to an activating group) is 1. The highest BCUT2D eigenvalue weighted by molar-refractivity contribution is 5.68. The molecule has 124 valence electrons. The van der Waals surface area contributed by atoms with Crippen LogP contribution >= 0.6 is 0 Å². The van der Waals surface area contributed by atoms with E-state index in [-0.39, 0.29) is 12.0 Å². The molecule has 2 N–H and O–H groups in total. The molecular weight excluding hydrogens is 288 g/mol. The van der Waals surface area contributed by atoms with Crippen molar-refractivity contribution < 1.29 is 9.53 Å². The Labute approximate surface area is 138 Å². The second-order valence-electron chi connectivity index (χ2n) is 5.63. The van der Waals surface area contributed by atoms with Gasteiger partial charge in [-0.25, -0.2) is 4.79 Å². The standard InChI is InChI=1S/C19H26N2O2/c1-4-8-15-14(5-2)16-9-6-7-10-17(16)18(15)13-23-19(22)21-12-11-20-3/h4-5,7-8,10,18,20H,2,6,9,11-13H2,1,3H3,(H,21,22)/b8-4-. The summed E-state index contributed by atoms with van der Waals surface area (Å²) in [6, 6.07) is 0. The van der Waals surface area contributed by atoms with Crippen LogP contribution in [-0.4, -0.2) is 32.8 Å². The van der Waals surface area contributed by atoms with Crippen LogP contribution in [-0.2, 0) is 4.74 Å². The van der Waals surface area contributed by atoms with Crippen LogP contribution in [0, 0.1) is 5.92 Å². The predicted octanol–water partition coefficient (Wildman–Crippen LogP) is 3.27. The highest BCUT2D eigenvalue weighted by Crippen LogP contribution is 2.43. The van der Waals surface area contributed by atoms with Gasteiger partial charge in [0.15, 0.2) is 0 Å². The lowest BCUT2D eigenvalue weighted by Gasteiger charge is -2.18. The number of rotatable bonds is 7. The number of hydrogen-bond acceptors (Lipinski definition) is 3. The molecule has 1 atom stereocenters. The van der Waals surface area contributed by atoms with Gasteiger partial charge in [0, 0.05) is 19.0 Å². The Morgan fingerprint density at radius 1 is 1.48 bits per heavy atom. The summed E-state index contributed by atoms with van der Waals surface area (Å²) in [6.07, 6.45) is 12.1. The lowest BCUT2D eigenvalue weighted by molar-refractivity contribution is 0.139. The van der Waals surface area contributed by atoms with E-state index in [1.54, 1.807) is 0 Å². The van der Waals surface area contributed by atoms with Gasteiger partial charge in [0.05, 0.1) is 0 Å². The first kappa shape index (κ1) is 17.3. The van der Waals surface area contributed by atoms with Gasteiger partial charge in [-0.3, -0.25) is 0 Å². The number of nitrogens with one attached hydrogen (secondary N) is 2. The maximum Gasteiger partial charge on any atom is 0.407 e. The van der Waals surface area contributed by atoms with Gasteiger partial charge < -0.3 is 15.4 Å². The van der Waals surface area contributed by atoms with Crippen molar-refractivity contribution in [3.63, 3.8) is 0 Å². The van der Waals surface area contributed by atoms with E-state index in [4.69, 9.17) is 4.74 Å². The van der Waals surface area contributed by atoms with Gasteiger partial charge in [-0.05, 0) is 49.1 Å². The summed E-state index contributed by atoms with van der Waals surface area (Å²) in [5, 5.41) is 5.72. The molecule has 0 radical (unpaired) electrons. The Morgan fingerprint density at radius 2 is 2.30 bits per heavy atom. The fourth-order valence-corrected chi connectivity index (χ4v) is 3.13. The third-order valence-electron chi connectivity index (χ3n) is 4.17. The maximum atomic E-state index is 11.8. The number of ether oxygens (including phenoxy) is 1. The van der Waals surface area contributed by atoms with E-state index in [0.717, 1.165) is 19.4 Å². The van der Waals surface area contributed by atoms with Gasteiger partial charge in [0.25, 0.3) is 0 Å². The van der Waals surface area contributed by atoms with Crippen LogP contribution in [0.3, 0.4) is 0 Å². The van der Waals surface area contributed by atoms with Crippen molar-refractivity contribution in [3.8, 4) is 0 Å². The fourth-order valence-electron chi connectivity index (χ4n) is 3.13. The van der Waals surface area contributed by atoms with Gasteiger partial charge in [0.1, 0.15) is 6.61 Å². The van der Waals surface area contributed by atoms with E-state index < -0.39 is 0 Å². The molecule has 0 saturated heterocycles. The van der Waals surface area contributed by atoms with Gasteiger partial charge in [0.2, 0.25) is 0 Å². The number of alkyl carbamates (subject to hydrolysis) is 1. The number of carbonyl (C=O) groups excluding carboxylic acids is 1. The largest absolute Gasteiger partial charge is 0.449 e. The van der Waals surface area contributed by atoms with Crippen molar-refractivity contribution >= 4 is 6.09 Å². The third kappa shape index (κ3) is 4.02. The minimum Gasteiger partial charge on any atom is -0.449 e. The van der Waals surface area contributed by atoms with Gasteiger partial charge in [-0.1, -0.05) is 37.0 Å². The van der Waals surface area contributed by atoms with Crippen LogP contribution in [0.5, 0.6) is 0 Å². The molecule has 4 nitrogen and oxygen atoms in total. The average molecular weight is 314 g/mol. The molecule has 2 rings (SSSR count). The van der Waals surface area contributed by atoms with Crippen LogP contribution in [0.4, 0.5) is 4.79 Å². The van der Waals surface area contributed by atoms with E-state index in [0.29, 0.717) is 13.2 Å². The zero-order chi connectivity index (χ0) is 16.7. The first-order chi connectivity index (χ1) is 11.2. The van der Waals surface area contributed by atoms with E-state index in [1.807, 2.05) is 26.1 Å². The molecule has 0 heterocycles. The quantitative estimate of drug-likeness (QED) is 0.709. The summed E-state index contributed by atoms with van der Waals surface area (Å²) in [4.78, 5) is 11.8. The molecule has 2 aliphatic rings. The van der Waals surface area contributed by atoms with Gasteiger partial charge in [-0.15, -0.1) is 0 Å². The molecule has 1 amide bonds. The molecule has 1 unspecified atom stereocenters. The summed E-state index contributed by atoms with van der Waals surface area (Å²) in [5.74, 6) is 0.0980. The van der Waals surface area contributed by atoms with E-state index in [9.17, 15) is 4.79 Å². The Morgan fingerprint density at radius 3 is 3.00 bits per heavy atom. The minimum absolute atomic E-state index is 0.0980. The fraction of sp³-hybridized carbons (Fsp3) is 0.421. The van der Waals surface area contributed by atoms with Crippen LogP contribution in [0.1, 0.15) is 19.8 Å². The lowest BCUT2D eigenvalue weighted by Crippen LogP contribution is -2.32. The normalized spacial score (nSPS) is 20.2. The molecule has 2 aliphatic carbocycles. The van der Waals surface area contributed by atoms with Crippen molar-refractivity contribution in [2.24, 2.45) is 5.92 Å². The topological polar surface area (TPSA) is 50.4 Å². The molecule has 0 fully saturated rings. The molecule has 23 heavy (non-hydrogen) atoms. The number of amides is 1. The van der Waals surface area contributed by atoms with E-state index in [1.165, 1.54) is 22.3 Å². The number of hydrogen-bond donors (Lipinski definition) is 2. The molecule has 0 aromatic carbocycles. The SMILES string of the molecule is C=CC1=C(/C=C\C)C(COC(=O)NCCNC)C2=C1CCC=C2. The Hall–Kier alpha value is -2.07. The zero-order valence-corrected chi connectivity index (χ0v) is 14.0. The third-order valence-corrected chi connectivity index (χ3v) is 4.17. The zero-order valence-electron chi connectivity index (χ0n) is 14.0. The summed E-state index contributed by atoms with van der Waals surface area (Å²) >= 11 is 0. The van der Waals surface area contributed by atoms with Crippen molar-refractivity contribution in [2.75, 3.05) is 26.7 Å². The molecule has 0 saturated carbocycles.